The van der Waals surface area contributed by atoms with Crippen molar-refractivity contribution in [2.24, 2.45) is 0 Å². The molecular weight excluding hydrogens is 580 g/mol. The van der Waals surface area contributed by atoms with Gasteiger partial charge in [0, 0.05) is 25.2 Å². The Morgan fingerprint density at radius 3 is 2.34 bits per heavy atom. The number of hydrogen-bond donors (Lipinski definition) is 1. The monoisotopic (exact) mass is 616 g/mol. The normalized spacial score (nSPS) is 15.0. The van der Waals surface area contributed by atoms with Crippen molar-refractivity contribution in [3.8, 4) is 0 Å². The number of benzene rings is 2. The predicted octanol–water partition coefficient (Wildman–Crippen LogP) is 7.38. The van der Waals surface area contributed by atoms with E-state index >= 15 is 4.39 Å². The number of ether oxygens (including phenoxy) is 2. The third-order valence-corrected chi connectivity index (χ3v) is 7.33. The lowest BCUT2D eigenvalue weighted by atomic mass is 9.89. The van der Waals surface area contributed by atoms with E-state index in [9.17, 15) is 22.8 Å². The van der Waals surface area contributed by atoms with E-state index in [0.717, 1.165) is 12.7 Å². The van der Waals surface area contributed by atoms with Crippen molar-refractivity contribution in [3.63, 3.8) is 0 Å². The molecule has 0 saturated carbocycles. The summed E-state index contributed by atoms with van der Waals surface area (Å²) < 4.78 is 67.6. The molecule has 2 heterocycles. The quantitative estimate of drug-likeness (QED) is 0.209. The first-order chi connectivity index (χ1) is 20.7. The largest absolute Gasteiger partial charge is 0.469 e. The molecule has 2 aromatic carbocycles. The van der Waals surface area contributed by atoms with Gasteiger partial charge in [0.25, 0.3) is 0 Å². The SMILES string of the molecule is COC(=O)CC(Cc1ccccc1)c1nc(Nc2ccc(C3CCN(C(=O)OC(C)(C)C)CC3)cc2F)ncc1C(F)(F)F. The number of halogens is 4. The zero-order valence-electron chi connectivity index (χ0n) is 25.1. The van der Waals surface area contributed by atoms with Crippen LogP contribution < -0.4 is 5.32 Å². The van der Waals surface area contributed by atoms with E-state index in [-0.39, 0.29) is 36.5 Å². The van der Waals surface area contributed by atoms with Crippen LogP contribution in [0.4, 0.5) is 34.0 Å². The number of piperidine rings is 1. The van der Waals surface area contributed by atoms with Crippen LogP contribution in [0.1, 0.15) is 74.3 Å². The van der Waals surface area contributed by atoms with Crippen LogP contribution in [-0.4, -0.2) is 52.7 Å². The molecule has 1 aromatic heterocycles. The molecule has 12 heteroatoms. The summed E-state index contributed by atoms with van der Waals surface area (Å²) in [5.74, 6) is -2.52. The van der Waals surface area contributed by atoms with Crippen molar-refractivity contribution in [3.05, 3.63) is 82.9 Å². The molecule has 0 radical (unpaired) electrons. The Labute approximate surface area is 253 Å². The van der Waals surface area contributed by atoms with Crippen LogP contribution in [0.25, 0.3) is 0 Å². The van der Waals surface area contributed by atoms with Gasteiger partial charge in [0.15, 0.2) is 0 Å². The van der Waals surface area contributed by atoms with E-state index < -0.39 is 40.7 Å². The maximum Gasteiger partial charge on any atom is 0.419 e. The third kappa shape index (κ3) is 8.67. The van der Waals surface area contributed by atoms with E-state index in [4.69, 9.17) is 9.47 Å². The number of methoxy groups -OCH3 is 1. The Morgan fingerprint density at radius 1 is 1.07 bits per heavy atom. The van der Waals surface area contributed by atoms with Crippen LogP contribution >= 0.6 is 0 Å². The summed E-state index contributed by atoms with van der Waals surface area (Å²) >= 11 is 0. The van der Waals surface area contributed by atoms with Crippen LogP contribution in [0.3, 0.4) is 0 Å². The lowest BCUT2D eigenvalue weighted by Crippen LogP contribution is -2.41. The number of hydrogen-bond acceptors (Lipinski definition) is 7. The van der Waals surface area contributed by atoms with Crippen LogP contribution in [0.5, 0.6) is 0 Å². The summed E-state index contributed by atoms with van der Waals surface area (Å²) in [6.07, 6.45) is -3.53. The van der Waals surface area contributed by atoms with Crippen molar-refractivity contribution in [1.29, 1.82) is 0 Å². The summed E-state index contributed by atoms with van der Waals surface area (Å²) in [5.41, 5.74) is -0.632. The third-order valence-electron chi connectivity index (χ3n) is 7.33. The number of aromatic nitrogens is 2. The molecule has 1 amide bonds. The number of carbonyl (C=O) groups is 2. The molecular formula is C32H36F4N4O4. The fourth-order valence-corrected chi connectivity index (χ4v) is 5.16. The van der Waals surface area contributed by atoms with Gasteiger partial charge in [-0.3, -0.25) is 4.79 Å². The summed E-state index contributed by atoms with van der Waals surface area (Å²) in [6.45, 7) is 6.35. The van der Waals surface area contributed by atoms with E-state index in [1.165, 1.54) is 12.1 Å². The van der Waals surface area contributed by atoms with Gasteiger partial charge in [-0.05, 0) is 69.2 Å². The lowest BCUT2D eigenvalue weighted by molar-refractivity contribution is -0.143. The molecule has 0 aliphatic carbocycles. The van der Waals surface area contributed by atoms with Crippen molar-refractivity contribution in [2.45, 2.75) is 70.1 Å². The maximum absolute atomic E-state index is 15.3. The second-order valence-corrected chi connectivity index (χ2v) is 11.8. The molecule has 1 fully saturated rings. The molecule has 0 bridgehead atoms. The summed E-state index contributed by atoms with van der Waals surface area (Å²) in [7, 11) is 1.16. The van der Waals surface area contributed by atoms with Gasteiger partial charge in [-0.15, -0.1) is 0 Å². The van der Waals surface area contributed by atoms with Crippen molar-refractivity contribution in [2.75, 3.05) is 25.5 Å². The van der Waals surface area contributed by atoms with E-state index in [1.54, 1.807) is 62.1 Å². The molecule has 1 aliphatic rings. The molecule has 1 unspecified atom stereocenters. The Kier molecular flexibility index (Phi) is 10.1. The smallest absolute Gasteiger partial charge is 0.419 e. The predicted molar refractivity (Wildman–Crippen MR) is 156 cm³/mol. The van der Waals surface area contributed by atoms with Gasteiger partial charge in [0.2, 0.25) is 5.95 Å². The molecule has 4 rings (SSSR count). The fraction of sp³-hybridized carbons (Fsp3) is 0.438. The molecule has 1 N–H and O–H groups in total. The number of nitrogens with one attached hydrogen (secondary N) is 1. The number of rotatable bonds is 8. The van der Waals surface area contributed by atoms with Gasteiger partial charge in [-0.25, -0.2) is 19.2 Å². The minimum Gasteiger partial charge on any atom is -0.469 e. The molecule has 0 spiro atoms. The number of amides is 1. The minimum absolute atomic E-state index is 0.0155. The van der Waals surface area contributed by atoms with Gasteiger partial charge >= 0.3 is 18.2 Å². The van der Waals surface area contributed by atoms with Crippen molar-refractivity contribution in [1.82, 2.24) is 14.9 Å². The maximum atomic E-state index is 15.3. The zero-order valence-corrected chi connectivity index (χ0v) is 25.1. The van der Waals surface area contributed by atoms with Crippen molar-refractivity contribution >= 4 is 23.7 Å². The van der Waals surface area contributed by atoms with E-state index in [2.05, 4.69) is 15.3 Å². The Morgan fingerprint density at radius 2 is 1.75 bits per heavy atom. The highest BCUT2D eigenvalue weighted by Crippen LogP contribution is 2.37. The standard InChI is InChI=1S/C32H36F4N4O4/c1-31(2,3)44-30(42)40-14-12-21(13-15-40)22-10-11-26(25(33)17-22)38-29-37-19-24(32(34,35)36)28(39-29)23(18-27(41)43-4)16-20-8-6-5-7-9-20/h5-11,17,19,21,23H,12-16,18H2,1-4H3,(H,37,38,39). The molecule has 1 atom stereocenters. The minimum atomic E-state index is -4.79. The van der Waals surface area contributed by atoms with Crippen LogP contribution in [0.15, 0.2) is 54.7 Å². The highest BCUT2D eigenvalue weighted by atomic mass is 19.4. The van der Waals surface area contributed by atoms with Gasteiger partial charge in [-0.1, -0.05) is 36.4 Å². The number of esters is 1. The first kappa shape index (κ1) is 32.7. The highest BCUT2D eigenvalue weighted by molar-refractivity contribution is 5.70. The number of carbonyl (C=O) groups excluding carboxylic acids is 2. The molecule has 8 nitrogen and oxygen atoms in total. The fourth-order valence-electron chi connectivity index (χ4n) is 5.16. The van der Waals surface area contributed by atoms with Gasteiger partial charge in [0.05, 0.1) is 30.5 Å². The van der Waals surface area contributed by atoms with Crippen molar-refractivity contribution < 1.29 is 36.6 Å². The van der Waals surface area contributed by atoms with Crippen LogP contribution in [0.2, 0.25) is 0 Å². The Bertz CT molecular complexity index is 1450. The average molecular weight is 617 g/mol. The second-order valence-electron chi connectivity index (χ2n) is 11.8. The Balaban J connectivity index is 1.54. The molecule has 1 aliphatic heterocycles. The van der Waals surface area contributed by atoms with Crippen LogP contribution in [0, 0.1) is 5.82 Å². The van der Waals surface area contributed by atoms with E-state index in [0.29, 0.717) is 37.7 Å². The summed E-state index contributed by atoms with van der Waals surface area (Å²) in [5, 5.41) is 2.70. The second kappa shape index (κ2) is 13.6. The van der Waals surface area contributed by atoms with Gasteiger partial charge < -0.3 is 19.7 Å². The van der Waals surface area contributed by atoms with Gasteiger partial charge in [-0.2, -0.15) is 13.2 Å². The highest BCUT2D eigenvalue weighted by Gasteiger charge is 2.38. The number of anilines is 2. The molecule has 1 saturated heterocycles. The molecule has 236 valence electrons. The Hall–Kier alpha value is -4.22. The number of nitrogens with zero attached hydrogens (tertiary/aromatic N) is 3. The summed E-state index contributed by atoms with van der Waals surface area (Å²) in [6, 6.07) is 13.4. The zero-order chi connectivity index (χ0) is 32.1. The first-order valence-corrected chi connectivity index (χ1v) is 14.3. The van der Waals surface area contributed by atoms with Crippen LogP contribution in [-0.2, 0) is 26.9 Å². The number of likely N-dealkylation sites (tertiary alicyclic amines) is 1. The average Bonchev–Trinajstić information content (AvgIpc) is 2.97. The first-order valence-electron chi connectivity index (χ1n) is 14.3. The number of alkyl halides is 3. The molecule has 44 heavy (non-hydrogen) atoms. The van der Waals surface area contributed by atoms with E-state index in [1.807, 2.05) is 0 Å². The van der Waals surface area contributed by atoms with Gasteiger partial charge in [0.1, 0.15) is 11.4 Å². The lowest BCUT2D eigenvalue weighted by Gasteiger charge is -2.33. The topological polar surface area (TPSA) is 93.7 Å². The summed E-state index contributed by atoms with van der Waals surface area (Å²) in [4.78, 5) is 34.2. The molecule has 3 aromatic rings.